The molecule has 0 aromatic heterocycles. The van der Waals surface area contributed by atoms with Crippen LogP contribution in [0, 0.1) is 0 Å². The molecule has 0 radical (unpaired) electrons. The first-order valence-electron chi connectivity index (χ1n) is 9.49. The van der Waals surface area contributed by atoms with Gasteiger partial charge < -0.3 is 9.64 Å². The highest BCUT2D eigenvalue weighted by Gasteiger charge is 2.63. The third-order valence-corrected chi connectivity index (χ3v) is 5.66. The number of aliphatic imine (C=N–C) groups is 1. The van der Waals surface area contributed by atoms with Crippen molar-refractivity contribution in [2.75, 3.05) is 21.2 Å². The molecular weight excluding hydrogens is 384 g/mol. The van der Waals surface area contributed by atoms with Gasteiger partial charge in [0.2, 0.25) is 11.4 Å². The Bertz CT molecular complexity index is 1020. The Hall–Kier alpha value is -3.68. The maximum absolute atomic E-state index is 13.7. The lowest BCUT2D eigenvalue weighted by atomic mass is 9.87. The van der Waals surface area contributed by atoms with E-state index in [-0.39, 0.29) is 0 Å². The minimum atomic E-state index is -1.66. The number of ether oxygens (including phenoxy) is 1. The van der Waals surface area contributed by atoms with E-state index in [0.29, 0.717) is 17.9 Å². The Kier molecular flexibility index (Phi) is 4.77. The molecule has 8 heteroatoms. The van der Waals surface area contributed by atoms with Gasteiger partial charge in [0.05, 0.1) is 13.4 Å². The molecule has 1 saturated heterocycles. The number of hydrogen-bond acceptors (Lipinski definition) is 6. The van der Waals surface area contributed by atoms with Gasteiger partial charge in [-0.2, -0.15) is 0 Å². The molecule has 2 aliphatic heterocycles. The summed E-state index contributed by atoms with van der Waals surface area (Å²) in [4.78, 5) is 48.1. The number of hydrogen-bond donors (Lipinski definition) is 0. The van der Waals surface area contributed by atoms with Gasteiger partial charge in [0.15, 0.2) is 6.04 Å². The molecule has 4 rings (SSSR count). The lowest BCUT2D eigenvalue weighted by Gasteiger charge is -2.46. The number of carbonyl (C=O) groups is 3. The summed E-state index contributed by atoms with van der Waals surface area (Å²) < 4.78 is 5.16. The minimum Gasteiger partial charge on any atom is -0.497 e. The minimum absolute atomic E-state index is 0.344. The molecule has 0 aliphatic carbocycles. The average molecular weight is 406 g/mol. The maximum atomic E-state index is 13.7. The number of rotatable bonds is 5. The van der Waals surface area contributed by atoms with Crippen molar-refractivity contribution in [2.45, 2.75) is 18.2 Å². The normalized spacial score (nSPS) is 23.0. The Balaban J connectivity index is 1.77. The van der Waals surface area contributed by atoms with Gasteiger partial charge in [0.1, 0.15) is 5.75 Å². The monoisotopic (exact) mass is 406 g/mol. The Morgan fingerprint density at radius 2 is 1.73 bits per heavy atom. The number of carbonyl (C=O) groups excluding carboxylic acids is 3. The zero-order valence-electron chi connectivity index (χ0n) is 17.0. The molecule has 0 bridgehead atoms. The van der Waals surface area contributed by atoms with Crippen LogP contribution in [0.5, 0.6) is 5.75 Å². The molecule has 0 spiro atoms. The second-order valence-electron chi connectivity index (χ2n) is 7.33. The first-order chi connectivity index (χ1) is 14.4. The van der Waals surface area contributed by atoms with Crippen LogP contribution in [0.15, 0.2) is 59.6 Å². The highest BCUT2D eigenvalue weighted by Crippen LogP contribution is 2.38. The van der Waals surface area contributed by atoms with Gasteiger partial charge in [-0.3, -0.25) is 19.4 Å². The van der Waals surface area contributed by atoms with Crippen molar-refractivity contribution in [1.29, 1.82) is 0 Å². The molecular formula is C22H22N4O4. The SMILES string of the molecule is COc1ccc(C(=O)C23N=CN(Cc4ccccc4)C2C(=O)N(C)C(=O)N3C)cc1. The first kappa shape index (κ1) is 19.6. The van der Waals surface area contributed by atoms with Crippen LogP contribution in [0.25, 0.3) is 0 Å². The van der Waals surface area contributed by atoms with Gasteiger partial charge in [-0.1, -0.05) is 30.3 Å². The third-order valence-electron chi connectivity index (χ3n) is 5.66. The number of Topliss-reactive ketones (excluding diaryl/α,β-unsaturated/α-hetero) is 1. The summed E-state index contributed by atoms with van der Waals surface area (Å²) in [5.41, 5.74) is -0.354. The van der Waals surface area contributed by atoms with E-state index >= 15 is 0 Å². The fourth-order valence-electron chi connectivity index (χ4n) is 3.98. The van der Waals surface area contributed by atoms with Crippen molar-refractivity contribution in [3.63, 3.8) is 0 Å². The van der Waals surface area contributed by atoms with Crippen LogP contribution >= 0.6 is 0 Å². The van der Waals surface area contributed by atoms with Crippen molar-refractivity contribution in [2.24, 2.45) is 4.99 Å². The van der Waals surface area contributed by atoms with Gasteiger partial charge in [0.25, 0.3) is 5.91 Å². The van der Waals surface area contributed by atoms with Crippen LogP contribution in [0.2, 0.25) is 0 Å². The molecule has 3 amide bonds. The van der Waals surface area contributed by atoms with Crippen LogP contribution in [-0.4, -0.2) is 71.7 Å². The fraction of sp³-hybridized carbons (Fsp3) is 0.273. The molecule has 0 saturated carbocycles. The van der Waals surface area contributed by atoms with E-state index in [9.17, 15) is 14.4 Å². The molecule has 1 fully saturated rings. The quantitative estimate of drug-likeness (QED) is 0.710. The van der Waals surface area contributed by atoms with Crippen molar-refractivity contribution in [1.82, 2.24) is 14.7 Å². The fourth-order valence-corrected chi connectivity index (χ4v) is 3.98. The number of amides is 3. The van der Waals surface area contributed by atoms with E-state index in [1.165, 1.54) is 32.4 Å². The van der Waals surface area contributed by atoms with Crippen molar-refractivity contribution >= 4 is 24.1 Å². The molecule has 30 heavy (non-hydrogen) atoms. The van der Waals surface area contributed by atoms with E-state index in [1.807, 2.05) is 30.3 Å². The molecule has 2 unspecified atom stereocenters. The average Bonchev–Trinajstić information content (AvgIpc) is 3.16. The highest BCUT2D eigenvalue weighted by molar-refractivity contribution is 6.15. The molecule has 2 aromatic rings. The summed E-state index contributed by atoms with van der Waals surface area (Å²) in [6.07, 6.45) is 1.50. The Labute approximate surface area is 174 Å². The van der Waals surface area contributed by atoms with Gasteiger partial charge >= 0.3 is 6.03 Å². The second-order valence-corrected chi connectivity index (χ2v) is 7.33. The van der Waals surface area contributed by atoms with Crippen LogP contribution in [0.3, 0.4) is 0 Å². The summed E-state index contributed by atoms with van der Waals surface area (Å²) in [6, 6.07) is 14.6. The van der Waals surface area contributed by atoms with Crippen LogP contribution in [0.1, 0.15) is 15.9 Å². The van der Waals surface area contributed by atoms with Crippen LogP contribution < -0.4 is 4.74 Å². The molecule has 8 nitrogen and oxygen atoms in total. The predicted molar refractivity (Wildman–Crippen MR) is 110 cm³/mol. The Morgan fingerprint density at radius 3 is 2.37 bits per heavy atom. The molecule has 154 valence electrons. The summed E-state index contributed by atoms with van der Waals surface area (Å²) in [7, 11) is 4.46. The number of nitrogens with zero attached hydrogens (tertiary/aromatic N) is 4. The number of benzene rings is 2. The lowest BCUT2D eigenvalue weighted by molar-refractivity contribution is -0.138. The third kappa shape index (κ3) is 2.83. The largest absolute Gasteiger partial charge is 0.497 e. The van der Waals surface area contributed by atoms with E-state index < -0.39 is 29.4 Å². The van der Waals surface area contributed by atoms with E-state index in [2.05, 4.69) is 4.99 Å². The number of methoxy groups -OCH3 is 1. The molecule has 0 N–H and O–H groups in total. The summed E-state index contributed by atoms with van der Waals surface area (Å²) in [5.74, 6) is -0.280. The standard InChI is InChI=1S/C22H22N4O4/c1-24-20(28)18-22(25(2)21(24)29,19(27)16-9-11-17(30-3)12-10-16)23-14-26(18)13-15-7-5-4-6-8-15/h4-12,14,18H,13H2,1-3H3. The van der Waals surface area contributed by atoms with Crippen molar-refractivity contribution in [3.05, 3.63) is 65.7 Å². The molecule has 2 heterocycles. The van der Waals surface area contributed by atoms with E-state index in [0.717, 1.165) is 10.5 Å². The predicted octanol–water partition coefficient (Wildman–Crippen LogP) is 2.01. The summed E-state index contributed by atoms with van der Waals surface area (Å²) in [5, 5.41) is 0. The smallest absolute Gasteiger partial charge is 0.328 e. The lowest BCUT2D eigenvalue weighted by Crippen LogP contribution is -2.73. The van der Waals surface area contributed by atoms with E-state index in [4.69, 9.17) is 4.74 Å². The van der Waals surface area contributed by atoms with Gasteiger partial charge in [-0.15, -0.1) is 0 Å². The zero-order valence-corrected chi connectivity index (χ0v) is 17.0. The first-order valence-corrected chi connectivity index (χ1v) is 9.49. The maximum Gasteiger partial charge on any atom is 0.328 e. The zero-order chi connectivity index (χ0) is 21.5. The van der Waals surface area contributed by atoms with Crippen LogP contribution in [0.4, 0.5) is 4.79 Å². The summed E-state index contributed by atoms with van der Waals surface area (Å²) >= 11 is 0. The number of fused-ring (bicyclic) bond motifs is 1. The molecule has 2 aliphatic rings. The van der Waals surface area contributed by atoms with Crippen molar-refractivity contribution in [3.8, 4) is 5.75 Å². The number of imide groups is 1. The Morgan fingerprint density at radius 1 is 1.07 bits per heavy atom. The summed E-state index contributed by atoms with van der Waals surface area (Å²) in [6.45, 7) is 0.383. The van der Waals surface area contributed by atoms with E-state index in [1.54, 1.807) is 29.2 Å². The molecule has 2 aromatic carbocycles. The van der Waals surface area contributed by atoms with Gasteiger partial charge in [-0.05, 0) is 29.8 Å². The highest BCUT2D eigenvalue weighted by atomic mass is 16.5. The topological polar surface area (TPSA) is 82.5 Å². The van der Waals surface area contributed by atoms with Gasteiger partial charge in [-0.25, -0.2) is 9.79 Å². The number of likely N-dealkylation sites (N-methyl/N-ethyl adjacent to an activating group) is 2. The number of ketones is 1. The number of urea groups is 1. The van der Waals surface area contributed by atoms with Gasteiger partial charge in [0, 0.05) is 26.2 Å². The molecule has 2 atom stereocenters. The second kappa shape index (κ2) is 7.29. The van der Waals surface area contributed by atoms with Crippen molar-refractivity contribution < 1.29 is 19.1 Å². The van der Waals surface area contributed by atoms with Crippen LogP contribution in [-0.2, 0) is 11.3 Å².